The molecule has 1 aromatic rings. The van der Waals surface area contributed by atoms with Crippen LogP contribution in [0, 0.1) is 12.3 Å². The van der Waals surface area contributed by atoms with E-state index < -0.39 is 0 Å². The van der Waals surface area contributed by atoms with E-state index >= 15 is 0 Å². The molecule has 0 unspecified atom stereocenters. The lowest BCUT2D eigenvalue weighted by Crippen LogP contribution is -2.47. The first-order valence-corrected chi connectivity index (χ1v) is 6.77. The number of hydrogen-bond acceptors (Lipinski definition) is 3. The van der Waals surface area contributed by atoms with Crippen molar-refractivity contribution in [2.75, 3.05) is 13.1 Å². The highest BCUT2D eigenvalue weighted by atomic mass is 32.1. The topological polar surface area (TPSA) is 78.0 Å². The van der Waals surface area contributed by atoms with Gasteiger partial charge in [0.15, 0.2) is 11.1 Å². The van der Waals surface area contributed by atoms with E-state index in [2.05, 4.69) is 17.2 Å². The highest BCUT2D eigenvalue weighted by molar-refractivity contribution is 7.80. The molecule has 1 rings (SSSR count). The Labute approximate surface area is 119 Å². The third kappa shape index (κ3) is 4.82. The van der Waals surface area contributed by atoms with Crippen molar-refractivity contribution in [1.82, 2.24) is 15.2 Å². The van der Waals surface area contributed by atoms with Crippen LogP contribution in [0.2, 0.25) is 0 Å². The smallest absolute Gasteiger partial charge is 0.194 e. The number of aryl methyl sites for hydroxylation is 1. The lowest BCUT2D eigenvalue weighted by atomic mass is 10.1. The van der Waals surface area contributed by atoms with Crippen LogP contribution < -0.4 is 11.1 Å². The molecular formula is C13H21N5S. The number of thiocarbonyl (C=S) groups is 1. The standard InChI is InChI=1S/C13H21N5S/c1-3-7-17-13(19)18(12(14)15)9-6-11-10(2)5-4-8-16-11/h4-5,8H,3,6-7,9H2,1-2H3,(H3,14,15)(H,17,19). The van der Waals surface area contributed by atoms with Gasteiger partial charge in [-0.1, -0.05) is 13.0 Å². The Hall–Kier alpha value is -1.69. The highest BCUT2D eigenvalue weighted by Gasteiger charge is 2.12. The van der Waals surface area contributed by atoms with Crippen LogP contribution in [0.5, 0.6) is 0 Å². The SMILES string of the molecule is CCCNC(=S)N(CCc1ncccc1C)C(=N)N. The summed E-state index contributed by atoms with van der Waals surface area (Å²) in [5.41, 5.74) is 7.72. The molecule has 104 valence electrons. The summed E-state index contributed by atoms with van der Waals surface area (Å²) in [7, 11) is 0. The summed E-state index contributed by atoms with van der Waals surface area (Å²) in [5, 5.41) is 11.2. The molecule has 5 nitrogen and oxygen atoms in total. The zero-order valence-corrected chi connectivity index (χ0v) is 12.3. The normalized spacial score (nSPS) is 10.0. The molecule has 19 heavy (non-hydrogen) atoms. The summed E-state index contributed by atoms with van der Waals surface area (Å²) in [4.78, 5) is 5.93. The van der Waals surface area contributed by atoms with E-state index in [0.29, 0.717) is 18.1 Å². The molecule has 0 radical (unpaired) electrons. The summed E-state index contributed by atoms with van der Waals surface area (Å²) < 4.78 is 0. The first-order valence-electron chi connectivity index (χ1n) is 6.36. The fourth-order valence-electron chi connectivity index (χ4n) is 1.66. The Bertz CT molecular complexity index is 446. The Morgan fingerprint density at radius 3 is 2.89 bits per heavy atom. The average molecular weight is 279 g/mol. The van der Waals surface area contributed by atoms with Gasteiger partial charge < -0.3 is 11.1 Å². The lowest BCUT2D eigenvalue weighted by molar-refractivity contribution is 0.572. The van der Waals surface area contributed by atoms with E-state index in [-0.39, 0.29) is 5.96 Å². The van der Waals surface area contributed by atoms with Crippen molar-refractivity contribution in [2.45, 2.75) is 26.7 Å². The molecule has 0 aliphatic carbocycles. The third-order valence-electron chi connectivity index (χ3n) is 2.75. The molecule has 0 aromatic carbocycles. The monoisotopic (exact) mass is 279 g/mol. The quantitative estimate of drug-likeness (QED) is 0.431. The molecule has 0 atom stereocenters. The molecule has 1 heterocycles. The second-order valence-electron chi connectivity index (χ2n) is 4.29. The van der Waals surface area contributed by atoms with Gasteiger partial charge in [0.2, 0.25) is 0 Å². The van der Waals surface area contributed by atoms with Crippen molar-refractivity contribution in [2.24, 2.45) is 5.73 Å². The Balaban J connectivity index is 2.62. The van der Waals surface area contributed by atoms with E-state index in [1.807, 2.05) is 19.1 Å². The van der Waals surface area contributed by atoms with Gasteiger partial charge in [0.25, 0.3) is 0 Å². The summed E-state index contributed by atoms with van der Waals surface area (Å²) in [6.07, 6.45) is 3.46. The molecule has 0 saturated heterocycles. The van der Waals surface area contributed by atoms with Gasteiger partial charge in [0.05, 0.1) is 0 Å². The summed E-state index contributed by atoms with van der Waals surface area (Å²) in [5.74, 6) is -0.0396. The van der Waals surface area contributed by atoms with Gasteiger partial charge in [-0.2, -0.15) is 0 Å². The van der Waals surface area contributed by atoms with Crippen molar-refractivity contribution in [3.8, 4) is 0 Å². The second-order valence-corrected chi connectivity index (χ2v) is 4.67. The second kappa shape index (κ2) is 7.68. The number of hydrogen-bond donors (Lipinski definition) is 3. The van der Waals surface area contributed by atoms with E-state index in [9.17, 15) is 0 Å². The molecule has 0 bridgehead atoms. The fraction of sp³-hybridized carbons (Fsp3) is 0.462. The molecule has 0 fully saturated rings. The minimum Gasteiger partial charge on any atom is -0.370 e. The van der Waals surface area contributed by atoms with Gasteiger partial charge >= 0.3 is 0 Å². The van der Waals surface area contributed by atoms with Crippen LogP contribution in [0.25, 0.3) is 0 Å². The maximum atomic E-state index is 7.59. The summed E-state index contributed by atoms with van der Waals surface area (Å²) in [6, 6.07) is 3.93. The van der Waals surface area contributed by atoms with Gasteiger partial charge in [-0.25, -0.2) is 0 Å². The van der Waals surface area contributed by atoms with Gasteiger partial charge in [0.1, 0.15) is 0 Å². The van der Waals surface area contributed by atoms with E-state index in [0.717, 1.165) is 24.2 Å². The first-order chi connectivity index (χ1) is 9.06. The van der Waals surface area contributed by atoms with Crippen LogP contribution in [0.1, 0.15) is 24.6 Å². The van der Waals surface area contributed by atoms with Crippen LogP contribution in [0.4, 0.5) is 0 Å². The van der Waals surface area contributed by atoms with Crippen molar-refractivity contribution in [3.05, 3.63) is 29.6 Å². The molecule has 0 saturated carbocycles. The molecule has 0 spiro atoms. The van der Waals surface area contributed by atoms with Crippen molar-refractivity contribution in [1.29, 1.82) is 5.41 Å². The minimum absolute atomic E-state index is 0.0396. The molecule has 0 aliphatic heterocycles. The van der Waals surface area contributed by atoms with Gasteiger partial charge in [0, 0.05) is 31.4 Å². The van der Waals surface area contributed by atoms with Crippen LogP contribution >= 0.6 is 12.2 Å². The summed E-state index contributed by atoms with van der Waals surface area (Å²) >= 11 is 5.24. The number of pyridine rings is 1. The van der Waals surface area contributed by atoms with Crippen molar-refractivity contribution >= 4 is 23.3 Å². The van der Waals surface area contributed by atoms with Crippen LogP contribution in [0.3, 0.4) is 0 Å². The van der Waals surface area contributed by atoms with Crippen molar-refractivity contribution < 1.29 is 0 Å². The maximum absolute atomic E-state index is 7.59. The molecule has 1 aromatic heterocycles. The Morgan fingerprint density at radius 1 is 1.58 bits per heavy atom. The van der Waals surface area contributed by atoms with E-state index in [4.69, 9.17) is 23.4 Å². The molecule has 6 heteroatoms. The zero-order valence-electron chi connectivity index (χ0n) is 11.4. The highest BCUT2D eigenvalue weighted by Crippen LogP contribution is 2.05. The fourth-order valence-corrected chi connectivity index (χ4v) is 1.95. The van der Waals surface area contributed by atoms with Crippen LogP contribution in [0.15, 0.2) is 18.3 Å². The predicted molar refractivity (Wildman–Crippen MR) is 82.2 cm³/mol. The molecule has 0 amide bonds. The number of aromatic nitrogens is 1. The largest absolute Gasteiger partial charge is 0.370 e. The predicted octanol–water partition coefficient (Wildman–Crippen LogP) is 1.41. The first kappa shape index (κ1) is 15.4. The van der Waals surface area contributed by atoms with Crippen molar-refractivity contribution in [3.63, 3.8) is 0 Å². The van der Waals surface area contributed by atoms with Gasteiger partial charge in [-0.15, -0.1) is 0 Å². The van der Waals surface area contributed by atoms with Crippen LogP contribution in [-0.4, -0.2) is 34.0 Å². The van der Waals surface area contributed by atoms with E-state index in [1.54, 1.807) is 11.1 Å². The Morgan fingerprint density at radius 2 is 2.32 bits per heavy atom. The average Bonchev–Trinajstić information content (AvgIpc) is 2.38. The zero-order chi connectivity index (χ0) is 14.3. The minimum atomic E-state index is -0.0396. The number of guanidine groups is 1. The number of nitrogens with zero attached hydrogens (tertiary/aromatic N) is 2. The Kier molecular flexibility index (Phi) is 6.21. The molecule has 0 aliphatic rings. The molecular weight excluding hydrogens is 258 g/mol. The number of rotatable bonds is 5. The van der Waals surface area contributed by atoms with Crippen LogP contribution in [-0.2, 0) is 6.42 Å². The number of nitrogens with two attached hydrogens (primary N) is 1. The molecule has 4 N–H and O–H groups in total. The third-order valence-corrected chi connectivity index (χ3v) is 3.12. The summed E-state index contributed by atoms with van der Waals surface area (Å²) in [6.45, 7) is 5.42. The van der Waals surface area contributed by atoms with Gasteiger partial charge in [-0.3, -0.25) is 15.3 Å². The van der Waals surface area contributed by atoms with Gasteiger partial charge in [-0.05, 0) is 37.2 Å². The van der Waals surface area contributed by atoms with E-state index in [1.165, 1.54) is 0 Å². The lowest BCUT2D eigenvalue weighted by Gasteiger charge is -2.23. The maximum Gasteiger partial charge on any atom is 0.194 e. The number of nitrogens with one attached hydrogen (secondary N) is 2.